The van der Waals surface area contributed by atoms with Gasteiger partial charge in [-0.15, -0.1) is 0 Å². The first-order valence-electron chi connectivity index (χ1n) is 13.0. The number of methoxy groups -OCH3 is 1. The van der Waals surface area contributed by atoms with Crippen LogP contribution < -0.4 is 0 Å². The second kappa shape index (κ2) is 8.18. The van der Waals surface area contributed by atoms with E-state index in [-0.39, 0.29) is 35.7 Å². The van der Waals surface area contributed by atoms with Crippen LogP contribution in [0.15, 0.2) is 24.3 Å². The monoisotopic (exact) mass is 482 g/mol. The minimum absolute atomic E-state index is 0.0223. The molecule has 9 heteroatoms. The molecule has 3 amide bonds. The maximum atomic E-state index is 14.0. The Morgan fingerprint density at radius 1 is 0.943 bits per heavy atom. The van der Waals surface area contributed by atoms with Crippen LogP contribution in [0.1, 0.15) is 44.9 Å². The number of rotatable bonds is 2. The largest absolute Gasteiger partial charge is 0.467 e. The molecule has 0 aromatic carbocycles. The summed E-state index contributed by atoms with van der Waals surface area (Å²) in [4.78, 5) is 61.3. The summed E-state index contributed by atoms with van der Waals surface area (Å²) < 4.78 is 4.97. The number of hydrogen-bond acceptors (Lipinski definition) is 6. The summed E-state index contributed by atoms with van der Waals surface area (Å²) in [6, 6.07) is -2.00. The first-order chi connectivity index (χ1) is 16.9. The molecule has 0 aromatic rings. The lowest BCUT2D eigenvalue weighted by atomic mass is 9.89. The zero-order valence-corrected chi connectivity index (χ0v) is 20.5. The first-order valence-corrected chi connectivity index (χ1v) is 13.0. The van der Waals surface area contributed by atoms with Crippen molar-refractivity contribution < 1.29 is 23.9 Å². The minimum Gasteiger partial charge on any atom is -0.467 e. The first kappa shape index (κ1) is 22.8. The molecule has 6 aliphatic rings. The average molecular weight is 483 g/mol. The molecule has 9 nitrogen and oxygen atoms in total. The van der Waals surface area contributed by atoms with E-state index >= 15 is 0 Å². The summed E-state index contributed by atoms with van der Waals surface area (Å²) in [6.45, 7) is 1.35. The van der Waals surface area contributed by atoms with Crippen LogP contribution in [0, 0.1) is 5.92 Å². The van der Waals surface area contributed by atoms with Gasteiger partial charge in [0.1, 0.15) is 23.7 Å². The maximum Gasteiger partial charge on any atom is 0.328 e. The van der Waals surface area contributed by atoms with Crippen molar-refractivity contribution in [1.29, 1.82) is 0 Å². The number of fused-ring (bicyclic) bond motifs is 3. The summed E-state index contributed by atoms with van der Waals surface area (Å²) in [5.41, 5.74) is -0.649. The second-order valence-electron chi connectivity index (χ2n) is 10.9. The van der Waals surface area contributed by atoms with Crippen molar-refractivity contribution in [3.63, 3.8) is 0 Å². The molecule has 1 spiro atoms. The van der Waals surface area contributed by atoms with Gasteiger partial charge in [-0.2, -0.15) is 0 Å². The van der Waals surface area contributed by atoms with E-state index in [0.29, 0.717) is 32.2 Å². The quantitative estimate of drug-likeness (QED) is 0.425. The summed E-state index contributed by atoms with van der Waals surface area (Å²) in [5.74, 6) is -0.756. The molecule has 188 valence electrons. The zero-order valence-electron chi connectivity index (χ0n) is 20.5. The molecule has 0 bridgehead atoms. The van der Waals surface area contributed by atoms with Gasteiger partial charge in [0.05, 0.1) is 19.2 Å². The van der Waals surface area contributed by atoms with Crippen LogP contribution in [0.2, 0.25) is 0 Å². The number of hydrogen-bond donors (Lipinski definition) is 0. The molecule has 0 aromatic heterocycles. The highest BCUT2D eigenvalue weighted by molar-refractivity contribution is 5.98. The van der Waals surface area contributed by atoms with Crippen LogP contribution in [-0.2, 0) is 23.9 Å². The number of ether oxygens (including phenoxy) is 1. The number of esters is 1. The predicted molar refractivity (Wildman–Crippen MR) is 126 cm³/mol. The van der Waals surface area contributed by atoms with Gasteiger partial charge in [-0.05, 0) is 58.5 Å². The van der Waals surface area contributed by atoms with Crippen LogP contribution in [0.4, 0.5) is 0 Å². The Labute approximate surface area is 205 Å². The lowest BCUT2D eigenvalue weighted by Gasteiger charge is -2.43. The molecule has 0 radical (unpaired) electrons. The molecule has 0 N–H and O–H groups in total. The standard InChI is InChI=1S/C26H34N4O5/c1-27-14-3-12-26(27)13-10-18-6-8-19(30(18)25(26)34)22(31)28-15-11-16-4-5-17-7-9-20(24(33)35-2)29(17)23(32)21(16)28/h4-5,10,13,16-21H,3,6-9,11-12,14-15H2,1-2H3/t16-,17-,18-,19-,20+,21-,26+/m0/s1. The molecule has 0 saturated carbocycles. The minimum atomic E-state index is -0.649. The Hall–Kier alpha value is -2.68. The van der Waals surface area contributed by atoms with E-state index in [2.05, 4.69) is 23.1 Å². The molecule has 6 rings (SSSR count). The molecule has 0 unspecified atom stereocenters. The molecule has 6 heterocycles. The molecule has 4 fully saturated rings. The number of likely N-dealkylation sites (N-methyl/N-ethyl adjacent to an activating group) is 1. The smallest absolute Gasteiger partial charge is 0.328 e. The molecular weight excluding hydrogens is 448 g/mol. The van der Waals surface area contributed by atoms with E-state index in [0.717, 1.165) is 25.8 Å². The summed E-state index contributed by atoms with van der Waals surface area (Å²) in [5, 5.41) is 0. The van der Waals surface area contributed by atoms with E-state index in [1.165, 1.54) is 7.11 Å². The third-order valence-corrected chi connectivity index (χ3v) is 9.36. The highest BCUT2D eigenvalue weighted by Crippen LogP contribution is 2.42. The maximum absolute atomic E-state index is 14.0. The molecule has 35 heavy (non-hydrogen) atoms. The third-order valence-electron chi connectivity index (χ3n) is 9.36. The molecule has 0 aliphatic carbocycles. The fraction of sp³-hybridized carbons (Fsp3) is 0.692. The van der Waals surface area contributed by atoms with E-state index in [4.69, 9.17) is 4.74 Å². The van der Waals surface area contributed by atoms with Gasteiger partial charge >= 0.3 is 5.97 Å². The number of carbonyl (C=O) groups excluding carboxylic acids is 4. The molecule has 6 aliphatic heterocycles. The molecule has 4 saturated heterocycles. The van der Waals surface area contributed by atoms with Gasteiger partial charge in [-0.1, -0.05) is 24.3 Å². The van der Waals surface area contributed by atoms with E-state index < -0.39 is 29.6 Å². The molecule has 7 atom stereocenters. The predicted octanol–water partition coefficient (Wildman–Crippen LogP) is 0.700. The van der Waals surface area contributed by atoms with Crippen LogP contribution in [-0.4, -0.2) is 106 Å². The van der Waals surface area contributed by atoms with Crippen molar-refractivity contribution in [2.24, 2.45) is 5.92 Å². The van der Waals surface area contributed by atoms with Gasteiger partial charge in [0, 0.05) is 12.5 Å². The Morgan fingerprint density at radius 2 is 1.69 bits per heavy atom. The Kier molecular flexibility index (Phi) is 5.32. The number of likely N-dealkylation sites (tertiary alicyclic amines) is 2. The van der Waals surface area contributed by atoms with Crippen molar-refractivity contribution in [3.05, 3.63) is 24.3 Å². The fourth-order valence-electron chi connectivity index (χ4n) is 7.49. The van der Waals surface area contributed by atoms with Crippen LogP contribution in [0.25, 0.3) is 0 Å². The lowest BCUT2D eigenvalue weighted by Crippen LogP contribution is -2.62. The number of carbonyl (C=O) groups is 4. The van der Waals surface area contributed by atoms with Gasteiger partial charge in [0.2, 0.25) is 17.7 Å². The van der Waals surface area contributed by atoms with E-state index in [1.54, 1.807) is 9.80 Å². The van der Waals surface area contributed by atoms with Crippen molar-refractivity contribution in [2.45, 2.75) is 80.7 Å². The SMILES string of the molecule is COC(=O)[C@H]1CC[C@@H]2C=C[C@H]3CCN(C(=O)[C@@H]4CC[C@H]5C=C[C@]6(CCCN6C)C(=O)N54)[C@@H]3C(=O)N12. The third kappa shape index (κ3) is 3.16. The van der Waals surface area contributed by atoms with Gasteiger partial charge < -0.3 is 19.4 Å². The Bertz CT molecular complexity index is 1030. The van der Waals surface area contributed by atoms with Crippen molar-refractivity contribution >= 4 is 23.7 Å². The number of amides is 3. The van der Waals surface area contributed by atoms with E-state index in [9.17, 15) is 19.2 Å². The zero-order chi connectivity index (χ0) is 24.5. The number of nitrogens with zero attached hydrogens (tertiary/aromatic N) is 4. The van der Waals surface area contributed by atoms with Crippen LogP contribution in [0.3, 0.4) is 0 Å². The fourth-order valence-corrected chi connectivity index (χ4v) is 7.49. The highest BCUT2D eigenvalue weighted by Gasteiger charge is 2.56. The molecular formula is C26H34N4O5. The van der Waals surface area contributed by atoms with Gasteiger partial charge in [0.25, 0.3) is 0 Å². The second-order valence-corrected chi connectivity index (χ2v) is 10.9. The normalized spacial score (nSPS) is 40.3. The van der Waals surface area contributed by atoms with Gasteiger partial charge in [-0.3, -0.25) is 19.3 Å². The average Bonchev–Trinajstić information content (AvgIpc) is 3.63. The highest BCUT2D eigenvalue weighted by atomic mass is 16.5. The van der Waals surface area contributed by atoms with Gasteiger partial charge in [-0.25, -0.2) is 4.79 Å². The Morgan fingerprint density at radius 3 is 2.40 bits per heavy atom. The van der Waals surface area contributed by atoms with Crippen molar-refractivity contribution in [2.75, 3.05) is 27.2 Å². The lowest BCUT2D eigenvalue weighted by molar-refractivity contribution is -0.157. The summed E-state index contributed by atoms with van der Waals surface area (Å²) in [6.07, 6.45) is 13.3. The Balaban J connectivity index is 1.27. The van der Waals surface area contributed by atoms with Crippen LogP contribution in [0.5, 0.6) is 0 Å². The van der Waals surface area contributed by atoms with Crippen molar-refractivity contribution in [1.82, 2.24) is 19.6 Å². The topological polar surface area (TPSA) is 90.5 Å². The summed E-state index contributed by atoms with van der Waals surface area (Å²) >= 11 is 0. The van der Waals surface area contributed by atoms with Crippen molar-refractivity contribution in [3.8, 4) is 0 Å². The van der Waals surface area contributed by atoms with Crippen LogP contribution >= 0.6 is 0 Å². The summed E-state index contributed by atoms with van der Waals surface area (Å²) in [7, 11) is 3.32. The van der Waals surface area contributed by atoms with E-state index in [1.807, 2.05) is 18.0 Å². The van der Waals surface area contributed by atoms with Gasteiger partial charge in [0.15, 0.2) is 0 Å².